The maximum atomic E-state index is 10.5. The number of methoxy groups -OCH3 is 2. The molecule has 0 aliphatic carbocycles. The molecule has 8 nitrogen and oxygen atoms in total. The zero-order valence-corrected chi connectivity index (χ0v) is 12.8. The van der Waals surface area contributed by atoms with Crippen LogP contribution in [-0.2, 0) is 21.9 Å². The molecule has 1 saturated heterocycles. The normalized spacial score (nSPS) is 36.1. The standard InChI is InChI=1S/C15H20O8/c1-20-8-3-7-6-22-15(11(7)9(4-8)21-2)14(19)13(18)12(17)10(5-16)23-15/h3-4,10,12-14,16-19H,5-6H2,1-2H3/t10-,12-,13-,14+,15+/m1/s1. The lowest BCUT2D eigenvalue weighted by Gasteiger charge is -2.46. The van der Waals surface area contributed by atoms with Gasteiger partial charge in [0.2, 0.25) is 5.79 Å². The average molecular weight is 328 g/mol. The lowest BCUT2D eigenvalue weighted by Crippen LogP contribution is -2.63. The van der Waals surface area contributed by atoms with Crippen LogP contribution in [0.2, 0.25) is 0 Å². The second-order valence-corrected chi connectivity index (χ2v) is 5.58. The fraction of sp³-hybridized carbons (Fsp3) is 0.600. The Bertz CT molecular complexity index is 589. The third-order valence-corrected chi connectivity index (χ3v) is 4.35. The number of hydrogen-bond acceptors (Lipinski definition) is 8. The number of aliphatic hydroxyl groups is 4. The van der Waals surface area contributed by atoms with Gasteiger partial charge in [-0.1, -0.05) is 0 Å². The van der Waals surface area contributed by atoms with Crippen LogP contribution in [0.4, 0.5) is 0 Å². The van der Waals surface area contributed by atoms with E-state index in [9.17, 15) is 20.4 Å². The monoisotopic (exact) mass is 328 g/mol. The SMILES string of the molecule is COc1cc2c(c(OC)c1)[C@]1(OC2)O[C@H](CO)[C@@H](O)[C@@H](O)[C@@H]1O. The number of fused-ring (bicyclic) bond motifs is 2. The first-order valence-electron chi connectivity index (χ1n) is 7.20. The van der Waals surface area contributed by atoms with E-state index in [1.54, 1.807) is 12.1 Å². The molecule has 2 aliphatic rings. The minimum absolute atomic E-state index is 0.0981. The van der Waals surface area contributed by atoms with E-state index in [0.717, 1.165) is 0 Å². The molecule has 2 heterocycles. The van der Waals surface area contributed by atoms with E-state index < -0.39 is 36.8 Å². The maximum absolute atomic E-state index is 10.5. The molecule has 1 aromatic rings. The molecular formula is C15H20O8. The van der Waals surface area contributed by atoms with Gasteiger partial charge in [-0.3, -0.25) is 0 Å². The summed E-state index contributed by atoms with van der Waals surface area (Å²) in [5.74, 6) is -0.819. The van der Waals surface area contributed by atoms with Gasteiger partial charge in [0.05, 0.1) is 33.0 Å². The second kappa shape index (κ2) is 5.90. The molecule has 3 rings (SSSR count). The second-order valence-electron chi connectivity index (χ2n) is 5.58. The third-order valence-electron chi connectivity index (χ3n) is 4.35. The van der Waals surface area contributed by atoms with Crippen LogP contribution >= 0.6 is 0 Å². The van der Waals surface area contributed by atoms with Gasteiger partial charge in [-0.25, -0.2) is 0 Å². The van der Waals surface area contributed by atoms with E-state index >= 15 is 0 Å². The summed E-state index contributed by atoms with van der Waals surface area (Å²) in [4.78, 5) is 0. The predicted octanol–water partition coefficient (Wildman–Crippen LogP) is -1.14. The first-order valence-corrected chi connectivity index (χ1v) is 7.20. The van der Waals surface area contributed by atoms with Crippen molar-refractivity contribution in [1.29, 1.82) is 0 Å². The van der Waals surface area contributed by atoms with Gasteiger partial charge in [-0.15, -0.1) is 0 Å². The quantitative estimate of drug-likeness (QED) is 0.550. The van der Waals surface area contributed by atoms with E-state index in [-0.39, 0.29) is 6.61 Å². The van der Waals surface area contributed by atoms with Crippen LogP contribution in [0.15, 0.2) is 12.1 Å². The molecule has 0 bridgehead atoms. The van der Waals surface area contributed by atoms with Crippen LogP contribution in [0.5, 0.6) is 11.5 Å². The number of rotatable bonds is 3. The van der Waals surface area contributed by atoms with Gasteiger partial charge < -0.3 is 39.4 Å². The Labute approximate surface area is 132 Å². The van der Waals surface area contributed by atoms with Crippen LogP contribution < -0.4 is 9.47 Å². The summed E-state index contributed by atoms with van der Waals surface area (Å²) in [6, 6.07) is 3.32. The molecule has 128 valence electrons. The molecule has 0 saturated carbocycles. The van der Waals surface area contributed by atoms with Crippen LogP contribution in [0, 0.1) is 0 Å². The molecule has 1 spiro atoms. The summed E-state index contributed by atoms with van der Waals surface area (Å²) in [6.45, 7) is -0.440. The predicted molar refractivity (Wildman–Crippen MR) is 76.0 cm³/mol. The molecular weight excluding hydrogens is 308 g/mol. The molecule has 2 aliphatic heterocycles. The Balaban J connectivity index is 2.12. The molecule has 8 heteroatoms. The highest BCUT2D eigenvalue weighted by atomic mass is 16.7. The third kappa shape index (κ3) is 2.30. The highest BCUT2D eigenvalue weighted by molar-refractivity contribution is 5.51. The maximum Gasteiger partial charge on any atom is 0.229 e. The highest BCUT2D eigenvalue weighted by Crippen LogP contribution is 2.50. The number of ether oxygens (including phenoxy) is 4. The van der Waals surface area contributed by atoms with E-state index in [2.05, 4.69) is 0 Å². The molecule has 0 radical (unpaired) electrons. The van der Waals surface area contributed by atoms with Gasteiger partial charge in [0.15, 0.2) is 0 Å². The fourth-order valence-corrected chi connectivity index (χ4v) is 3.16. The van der Waals surface area contributed by atoms with Crippen molar-refractivity contribution >= 4 is 0 Å². The van der Waals surface area contributed by atoms with Crippen molar-refractivity contribution in [2.45, 2.75) is 36.8 Å². The Hall–Kier alpha value is -1.42. The number of aliphatic hydroxyl groups excluding tert-OH is 4. The van der Waals surface area contributed by atoms with Gasteiger partial charge in [0.1, 0.15) is 35.9 Å². The van der Waals surface area contributed by atoms with Gasteiger partial charge in [0, 0.05) is 6.07 Å². The van der Waals surface area contributed by atoms with E-state index in [4.69, 9.17) is 18.9 Å². The summed E-state index contributed by atoms with van der Waals surface area (Å²) in [6.07, 6.45) is -5.63. The van der Waals surface area contributed by atoms with Gasteiger partial charge in [-0.2, -0.15) is 0 Å². The summed E-state index contributed by atoms with van der Waals surface area (Å²) in [5.41, 5.74) is 1.08. The van der Waals surface area contributed by atoms with Crippen molar-refractivity contribution < 1.29 is 39.4 Å². The number of benzene rings is 1. The fourth-order valence-electron chi connectivity index (χ4n) is 3.16. The summed E-state index contributed by atoms with van der Waals surface area (Å²) in [7, 11) is 2.96. The summed E-state index contributed by atoms with van der Waals surface area (Å²) < 4.78 is 21.9. The number of hydrogen-bond donors (Lipinski definition) is 4. The van der Waals surface area contributed by atoms with Crippen LogP contribution in [0.1, 0.15) is 11.1 Å². The van der Waals surface area contributed by atoms with Crippen molar-refractivity contribution in [1.82, 2.24) is 0 Å². The molecule has 0 unspecified atom stereocenters. The molecule has 0 amide bonds. The van der Waals surface area contributed by atoms with E-state index in [1.165, 1.54) is 14.2 Å². The zero-order chi connectivity index (χ0) is 16.8. The molecule has 0 aromatic heterocycles. The van der Waals surface area contributed by atoms with E-state index in [0.29, 0.717) is 22.6 Å². The highest BCUT2D eigenvalue weighted by Gasteiger charge is 2.59. The zero-order valence-electron chi connectivity index (χ0n) is 12.8. The first kappa shape index (κ1) is 16.4. The Morgan fingerprint density at radius 2 is 1.91 bits per heavy atom. The molecule has 1 fully saturated rings. The smallest absolute Gasteiger partial charge is 0.229 e. The van der Waals surface area contributed by atoms with Crippen LogP contribution in [0.25, 0.3) is 0 Å². The van der Waals surface area contributed by atoms with Crippen molar-refractivity contribution in [3.8, 4) is 11.5 Å². The van der Waals surface area contributed by atoms with E-state index in [1.807, 2.05) is 0 Å². The minimum Gasteiger partial charge on any atom is -0.497 e. The Kier molecular flexibility index (Phi) is 4.21. The lowest BCUT2D eigenvalue weighted by molar-refractivity contribution is -0.368. The van der Waals surface area contributed by atoms with Gasteiger partial charge in [-0.05, 0) is 11.6 Å². The van der Waals surface area contributed by atoms with Crippen molar-refractivity contribution in [3.63, 3.8) is 0 Å². The summed E-state index contributed by atoms with van der Waals surface area (Å²) in [5, 5.41) is 39.9. The van der Waals surface area contributed by atoms with Gasteiger partial charge >= 0.3 is 0 Å². The largest absolute Gasteiger partial charge is 0.497 e. The Morgan fingerprint density at radius 1 is 1.17 bits per heavy atom. The average Bonchev–Trinajstić information content (AvgIpc) is 2.95. The van der Waals surface area contributed by atoms with Crippen LogP contribution in [0.3, 0.4) is 0 Å². The molecule has 23 heavy (non-hydrogen) atoms. The molecule has 4 N–H and O–H groups in total. The minimum atomic E-state index is -1.72. The van der Waals surface area contributed by atoms with Gasteiger partial charge in [0.25, 0.3) is 0 Å². The summed E-state index contributed by atoms with van der Waals surface area (Å²) >= 11 is 0. The topological polar surface area (TPSA) is 118 Å². The van der Waals surface area contributed by atoms with Crippen molar-refractivity contribution in [2.24, 2.45) is 0 Å². The molecule has 1 aromatic carbocycles. The first-order chi connectivity index (χ1) is 11.0. The molecule has 5 atom stereocenters. The Morgan fingerprint density at radius 3 is 2.52 bits per heavy atom. The lowest BCUT2D eigenvalue weighted by atomic mass is 9.87. The van der Waals surface area contributed by atoms with Crippen molar-refractivity contribution in [3.05, 3.63) is 23.3 Å². The van der Waals surface area contributed by atoms with Crippen LogP contribution in [-0.4, -0.2) is 65.7 Å². The van der Waals surface area contributed by atoms with Crippen molar-refractivity contribution in [2.75, 3.05) is 20.8 Å².